The molecule has 0 radical (unpaired) electrons. The van der Waals surface area contributed by atoms with E-state index in [-0.39, 0.29) is 11.0 Å². The van der Waals surface area contributed by atoms with Gasteiger partial charge in [0.15, 0.2) is 0 Å². The molecule has 1 atom stereocenters. The van der Waals surface area contributed by atoms with Gasteiger partial charge in [-0.05, 0) is 48.4 Å². The first-order valence-corrected chi connectivity index (χ1v) is 11.3. The van der Waals surface area contributed by atoms with Crippen LogP contribution in [0, 0.1) is 12.7 Å². The second-order valence-electron chi connectivity index (χ2n) is 7.20. The van der Waals surface area contributed by atoms with Crippen molar-refractivity contribution in [3.63, 3.8) is 0 Å². The van der Waals surface area contributed by atoms with E-state index >= 15 is 0 Å². The van der Waals surface area contributed by atoms with Gasteiger partial charge >= 0.3 is 0 Å². The molecule has 0 aromatic heterocycles. The topological polar surface area (TPSA) is 63.6 Å². The highest BCUT2D eigenvalue weighted by molar-refractivity contribution is 7.85. The third-order valence-electron chi connectivity index (χ3n) is 5.22. The maximum absolute atomic E-state index is 14.3. The fourth-order valence-electron chi connectivity index (χ4n) is 3.85. The fraction of sp³-hybridized carbons (Fsp3) is 0.182. The molecule has 4 nitrogen and oxygen atoms in total. The van der Waals surface area contributed by atoms with Crippen LogP contribution in [0.5, 0.6) is 5.75 Å². The van der Waals surface area contributed by atoms with Crippen molar-refractivity contribution in [1.29, 1.82) is 0 Å². The van der Waals surface area contributed by atoms with Crippen LogP contribution in [-0.2, 0) is 23.0 Å². The largest absolute Gasteiger partial charge is 0.489 e. The Bertz CT molecular complexity index is 1240. The predicted octanol–water partition coefficient (Wildman–Crippen LogP) is 5.90. The highest BCUT2D eigenvalue weighted by atomic mass is 35.5. The molecule has 3 aromatic carbocycles. The van der Waals surface area contributed by atoms with Gasteiger partial charge in [0.2, 0.25) is 0 Å². The minimum atomic E-state index is -4.32. The minimum Gasteiger partial charge on any atom is -0.489 e. The van der Waals surface area contributed by atoms with E-state index in [9.17, 15) is 17.4 Å². The Balaban J connectivity index is 1.70. The molecule has 0 saturated heterocycles. The smallest absolute Gasteiger partial charge is 0.294 e. The van der Waals surface area contributed by atoms with E-state index in [1.165, 1.54) is 18.2 Å². The van der Waals surface area contributed by atoms with Crippen molar-refractivity contribution in [3.8, 4) is 16.9 Å². The van der Waals surface area contributed by atoms with E-state index in [4.69, 9.17) is 27.9 Å². The van der Waals surface area contributed by atoms with Crippen LogP contribution in [0.1, 0.15) is 16.7 Å². The molecule has 1 heterocycles. The van der Waals surface area contributed by atoms with Crippen molar-refractivity contribution in [2.45, 2.75) is 30.8 Å². The Morgan fingerprint density at radius 2 is 1.80 bits per heavy atom. The van der Waals surface area contributed by atoms with Crippen molar-refractivity contribution in [3.05, 3.63) is 81.1 Å². The molecule has 1 unspecified atom stereocenters. The minimum absolute atomic E-state index is 0.134. The molecule has 8 heteroatoms. The summed E-state index contributed by atoms with van der Waals surface area (Å²) in [5, 5.41) is 0.776. The third kappa shape index (κ3) is 3.93. The van der Waals surface area contributed by atoms with Gasteiger partial charge in [0, 0.05) is 29.5 Å². The molecule has 1 aliphatic heterocycles. The van der Waals surface area contributed by atoms with Gasteiger partial charge in [0.1, 0.15) is 17.7 Å². The average molecular weight is 467 g/mol. The van der Waals surface area contributed by atoms with E-state index in [2.05, 4.69) is 0 Å². The summed E-state index contributed by atoms with van der Waals surface area (Å²) in [5.74, 6) is 0.0912. The van der Waals surface area contributed by atoms with Crippen molar-refractivity contribution in [2.75, 3.05) is 0 Å². The second kappa shape index (κ2) is 7.85. The van der Waals surface area contributed by atoms with Crippen LogP contribution in [0.15, 0.2) is 53.4 Å². The molecule has 156 valence electrons. The van der Waals surface area contributed by atoms with E-state index in [0.717, 1.165) is 5.56 Å². The number of fused-ring (bicyclic) bond motifs is 1. The van der Waals surface area contributed by atoms with Gasteiger partial charge < -0.3 is 4.74 Å². The van der Waals surface area contributed by atoms with E-state index in [1.54, 1.807) is 37.3 Å². The van der Waals surface area contributed by atoms with Crippen LogP contribution < -0.4 is 4.74 Å². The Morgan fingerprint density at radius 3 is 2.47 bits per heavy atom. The third-order valence-corrected chi connectivity index (χ3v) is 6.84. The molecule has 0 spiro atoms. The molecule has 1 N–H and O–H groups in total. The summed E-state index contributed by atoms with van der Waals surface area (Å²) in [7, 11) is -4.32. The Hall–Kier alpha value is -2.12. The molecule has 1 aliphatic rings. The molecule has 0 aliphatic carbocycles. The summed E-state index contributed by atoms with van der Waals surface area (Å²) in [6, 6.07) is 12.5. The van der Waals surface area contributed by atoms with E-state index < -0.39 is 15.9 Å². The van der Waals surface area contributed by atoms with Crippen molar-refractivity contribution < 1.29 is 22.1 Å². The van der Waals surface area contributed by atoms with Crippen LogP contribution in [0.2, 0.25) is 10.0 Å². The summed E-state index contributed by atoms with van der Waals surface area (Å²) < 4.78 is 53.1. The lowest BCUT2D eigenvalue weighted by atomic mass is 9.97. The summed E-state index contributed by atoms with van der Waals surface area (Å²) in [5.41, 5.74) is 2.85. The highest BCUT2D eigenvalue weighted by Crippen LogP contribution is 2.45. The second-order valence-corrected chi connectivity index (χ2v) is 9.41. The van der Waals surface area contributed by atoms with E-state index in [0.29, 0.717) is 50.9 Å². The van der Waals surface area contributed by atoms with Crippen molar-refractivity contribution >= 4 is 33.3 Å². The van der Waals surface area contributed by atoms with Crippen LogP contribution >= 0.6 is 23.2 Å². The molecule has 3 aromatic rings. The van der Waals surface area contributed by atoms with Crippen LogP contribution in [0.4, 0.5) is 4.39 Å². The lowest BCUT2D eigenvalue weighted by molar-refractivity contribution is 0.233. The van der Waals surface area contributed by atoms with Gasteiger partial charge in [-0.2, -0.15) is 8.42 Å². The number of ether oxygens (including phenoxy) is 1. The molecular formula is C22H17Cl2FO4S. The normalized spacial score (nSPS) is 15.7. The first-order chi connectivity index (χ1) is 14.1. The standard InChI is InChI=1S/C22H17Cl2FO4S/c1-12-13(4-2-7-20(12)30(26,27)28)9-16-10-14-8-15(25)11-17(22(14)29-16)21-18(23)5-3-6-19(21)24/h2-8,11,16H,9-10H2,1H3,(H,26,27,28). The fourth-order valence-corrected chi connectivity index (χ4v) is 5.22. The number of rotatable bonds is 4. The zero-order valence-electron chi connectivity index (χ0n) is 15.8. The molecule has 0 saturated carbocycles. The van der Waals surface area contributed by atoms with Crippen LogP contribution in [0.3, 0.4) is 0 Å². The quantitative estimate of drug-likeness (QED) is 0.486. The molecular weight excluding hydrogens is 450 g/mol. The van der Waals surface area contributed by atoms with Crippen LogP contribution in [-0.4, -0.2) is 19.1 Å². The molecule has 0 amide bonds. The summed E-state index contributed by atoms with van der Waals surface area (Å²) in [6.45, 7) is 1.63. The van der Waals surface area contributed by atoms with E-state index in [1.807, 2.05) is 0 Å². The van der Waals surface area contributed by atoms with Gasteiger partial charge in [-0.25, -0.2) is 4.39 Å². The zero-order valence-corrected chi connectivity index (χ0v) is 18.2. The Labute approximate surface area is 184 Å². The summed E-state index contributed by atoms with van der Waals surface area (Å²) in [4.78, 5) is -0.134. The monoisotopic (exact) mass is 466 g/mol. The van der Waals surface area contributed by atoms with Gasteiger partial charge in [0.25, 0.3) is 10.1 Å². The van der Waals surface area contributed by atoms with Crippen LogP contribution in [0.25, 0.3) is 11.1 Å². The first kappa shape index (κ1) is 21.1. The number of hydrogen-bond donors (Lipinski definition) is 1. The van der Waals surface area contributed by atoms with Crippen molar-refractivity contribution in [2.24, 2.45) is 0 Å². The SMILES string of the molecule is Cc1c(CC2Cc3cc(F)cc(-c4c(Cl)cccc4Cl)c3O2)cccc1S(=O)(=O)O. The summed E-state index contributed by atoms with van der Waals surface area (Å²) >= 11 is 12.6. The highest BCUT2D eigenvalue weighted by Gasteiger charge is 2.29. The lowest BCUT2D eigenvalue weighted by Gasteiger charge is -2.16. The van der Waals surface area contributed by atoms with Gasteiger partial charge in [-0.15, -0.1) is 0 Å². The number of hydrogen-bond acceptors (Lipinski definition) is 3. The summed E-state index contributed by atoms with van der Waals surface area (Å²) in [6.07, 6.45) is 0.496. The molecule has 0 fully saturated rings. The Kier molecular flexibility index (Phi) is 5.53. The average Bonchev–Trinajstić information content (AvgIpc) is 3.04. The maximum Gasteiger partial charge on any atom is 0.294 e. The predicted molar refractivity (Wildman–Crippen MR) is 115 cm³/mol. The molecule has 30 heavy (non-hydrogen) atoms. The lowest BCUT2D eigenvalue weighted by Crippen LogP contribution is -2.17. The van der Waals surface area contributed by atoms with Crippen molar-refractivity contribution in [1.82, 2.24) is 0 Å². The number of benzene rings is 3. The number of halogens is 3. The first-order valence-electron chi connectivity index (χ1n) is 9.14. The van der Waals surface area contributed by atoms with Gasteiger partial charge in [-0.1, -0.05) is 41.4 Å². The molecule has 4 rings (SSSR count). The zero-order chi connectivity index (χ0) is 21.6. The molecule has 0 bridgehead atoms. The maximum atomic E-state index is 14.3. The van der Waals surface area contributed by atoms with Gasteiger partial charge in [0.05, 0.1) is 14.9 Å². The Morgan fingerprint density at radius 1 is 1.13 bits per heavy atom. The van der Waals surface area contributed by atoms with Gasteiger partial charge in [-0.3, -0.25) is 4.55 Å².